The molecule has 31 heavy (non-hydrogen) atoms. The number of carbonyl (C=O) groups is 5. The van der Waals surface area contributed by atoms with Gasteiger partial charge in [-0.05, 0) is 40.5 Å². The van der Waals surface area contributed by atoms with E-state index in [1.807, 2.05) is 27.7 Å². The Bertz CT molecular complexity index is 527. The normalized spacial score (nSPS) is 10.1. The molecule has 0 saturated carbocycles. The van der Waals surface area contributed by atoms with E-state index >= 15 is 0 Å². The molecular formula is C21H36O10. The minimum Gasteiger partial charge on any atom is -0.463 e. The molecule has 0 heterocycles. The Hall–Kier alpha value is -2.65. The lowest BCUT2D eigenvalue weighted by molar-refractivity contribution is -0.163. The summed E-state index contributed by atoms with van der Waals surface area (Å²) in [5, 5.41) is 0. The standard InChI is InChI=1S/C12H22O4.C9H14O6/c1-9(2)15-11(13)7-5-6-8-12(14)16-10(3)4;1-6(10)13-4-9(15-8(3)12)5-14-7(2)11/h9-10H,5-8H2,1-4H3;9H,4-5H2,1-3H3. The van der Waals surface area contributed by atoms with Gasteiger partial charge in [-0.2, -0.15) is 0 Å². The van der Waals surface area contributed by atoms with Crippen LogP contribution in [0.1, 0.15) is 74.1 Å². The Morgan fingerprint density at radius 2 is 0.935 bits per heavy atom. The molecule has 0 radical (unpaired) electrons. The van der Waals surface area contributed by atoms with Crippen molar-refractivity contribution in [3.63, 3.8) is 0 Å². The van der Waals surface area contributed by atoms with Crippen LogP contribution in [0.4, 0.5) is 0 Å². The van der Waals surface area contributed by atoms with Gasteiger partial charge in [0.1, 0.15) is 13.2 Å². The Kier molecular flexibility index (Phi) is 17.9. The SMILES string of the molecule is CC(=O)OCC(COC(C)=O)OC(C)=O.CC(C)OC(=O)CCCCC(=O)OC(C)C. The Labute approximate surface area is 183 Å². The van der Waals surface area contributed by atoms with Gasteiger partial charge >= 0.3 is 29.8 Å². The van der Waals surface area contributed by atoms with Crippen molar-refractivity contribution < 1.29 is 47.7 Å². The molecule has 0 unspecified atom stereocenters. The van der Waals surface area contributed by atoms with Gasteiger partial charge in [0.2, 0.25) is 0 Å². The minimum absolute atomic E-state index is 0.0709. The van der Waals surface area contributed by atoms with Crippen molar-refractivity contribution in [2.75, 3.05) is 13.2 Å². The molecular weight excluding hydrogens is 412 g/mol. The summed E-state index contributed by atoms with van der Waals surface area (Å²) < 4.78 is 24.0. The van der Waals surface area contributed by atoms with Crippen LogP contribution in [0, 0.1) is 0 Å². The van der Waals surface area contributed by atoms with Gasteiger partial charge in [-0.3, -0.25) is 24.0 Å². The first-order valence-electron chi connectivity index (χ1n) is 10.2. The highest BCUT2D eigenvalue weighted by Crippen LogP contribution is 2.05. The summed E-state index contributed by atoms with van der Waals surface area (Å²) in [7, 11) is 0. The van der Waals surface area contributed by atoms with E-state index in [0.29, 0.717) is 25.7 Å². The van der Waals surface area contributed by atoms with Crippen molar-refractivity contribution in [2.24, 2.45) is 0 Å². The van der Waals surface area contributed by atoms with Crippen LogP contribution in [0.2, 0.25) is 0 Å². The van der Waals surface area contributed by atoms with Crippen molar-refractivity contribution in [3.8, 4) is 0 Å². The average Bonchev–Trinajstić information content (AvgIpc) is 2.60. The van der Waals surface area contributed by atoms with Crippen molar-refractivity contribution in [1.29, 1.82) is 0 Å². The van der Waals surface area contributed by atoms with Gasteiger partial charge in [0, 0.05) is 33.6 Å². The third kappa shape index (κ3) is 25.3. The maximum absolute atomic E-state index is 11.1. The quantitative estimate of drug-likeness (QED) is 0.249. The molecule has 0 rings (SSSR count). The summed E-state index contributed by atoms with van der Waals surface area (Å²) in [4.78, 5) is 53.9. The molecule has 0 amide bonds. The van der Waals surface area contributed by atoms with Crippen LogP contribution in [0.5, 0.6) is 0 Å². The molecule has 10 heteroatoms. The predicted molar refractivity (Wildman–Crippen MR) is 110 cm³/mol. The van der Waals surface area contributed by atoms with E-state index in [9.17, 15) is 24.0 Å². The van der Waals surface area contributed by atoms with Crippen LogP contribution in [0.3, 0.4) is 0 Å². The number of ether oxygens (including phenoxy) is 5. The fraction of sp³-hybridized carbons (Fsp3) is 0.762. The molecule has 0 fully saturated rings. The topological polar surface area (TPSA) is 132 Å². The molecule has 0 aromatic heterocycles. The highest BCUT2D eigenvalue weighted by Gasteiger charge is 2.15. The van der Waals surface area contributed by atoms with Gasteiger partial charge < -0.3 is 23.7 Å². The highest BCUT2D eigenvalue weighted by atomic mass is 16.6. The van der Waals surface area contributed by atoms with Crippen LogP contribution in [0.15, 0.2) is 0 Å². The maximum Gasteiger partial charge on any atom is 0.306 e. The van der Waals surface area contributed by atoms with Gasteiger partial charge in [0.15, 0.2) is 6.10 Å². The fourth-order valence-corrected chi connectivity index (χ4v) is 1.95. The fourth-order valence-electron chi connectivity index (χ4n) is 1.95. The zero-order chi connectivity index (χ0) is 24.4. The largest absolute Gasteiger partial charge is 0.463 e. The summed E-state index contributed by atoms with van der Waals surface area (Å²) >= 11 is 0. The van der Waals surface area contributed by atoms with Crippen LogP contribution in [-0.4, -0.2) is 61.4 Å². The summed E-state index contributed by atoms with van der Waals surface area (Å²) in [6, 6.07) is 0. The van der Waals surface area contributed by atoms with Gasteiger partial charge in [0.05, 0.1) is 12.2 Å². The van der Waals surface area contributed by atoms with Crippen molar-refractivity contribution in [3.05, 3.63) is 0 Å². The van der Waals surface area contributed by atoms with Crippen molar-refractivity contribution >= 4 is 29.8 Å². The lowest BCUT2D eigenvalue weighted by atomic mass is 10.2. The third-order valence-corrected chi connectivity index (χ3v) is 3.02. The first kappa shape index (κ1) is 30.5. The van der Waals surface area contributed by atoms with Crippen molar-refractivity contribution in [2.45, 2.75) is 92.5 Å². The molecule has 0 spiro atoms. The molecule has 0 aromatic rings. The summed E-state index contributed by atoms with van der Waals surface area (Å²) in [6.45, 7) is 10.7. The molecule has 180 valence electrons. The predicted octanol–water partition coefficient (Wildman–Crippen LogP) is 2.49. The minimum atomic E-state index is -0.754. The number of carbonyl (C=O) groups excluding carboxylic acids is 5. The number of hydrogen-bond acceptors (Lipinski definition) is 10. The van der Waals surface area contributed by atoms with Crippen LogP contribution in [0.25, 0.3) is 0 Å². The molecule has 0 aliphatic carbocycles. The lowest BCUT2D eigenvalue weighted by Gasteiger charge is -2.15. The highest BCUT2D eigenvalue weighted by molar-refractivity contribution is 5.70. The smallest absolute Gasteiger partial charge is 0.306 e. The first-order valence-corrected chi connectivity index (χ1v) is 10.2. The van der Waals surface area contributed by atoms with E-state index in [2.05, 4.69) is 9.47 Å². The second kappa shape index (κ2) is 18.1. The molecule has 0 aliphatic rings. The van der Waals surface area contributed by atoms with E-state index in [4.69, 9.17) is 14.2 Å². The Balaban J connectivity index is 0. The summed E-state index contributed by atoms with van der Waals surface area (Å²) in [6.07, 6.45) is 1.17. The second-order valence-electron chi connectivity index (χ2n) is 7.12. The molecule has 0 saturated heterocycles. The second-order valence-corrected chi connectivity index (χ2v) is 7.12. The maximum atomic E-state index is 11.1. The zero-order valence-electron chi connectivity index (χ0n) is 19.6. The summed E-state index contributed by atoms with van der Waals surface area (Å²) in [5.74, 6) is -1.91. The number of esters is 5. The summed E-state index contributed by atoms with van der Waals surface area (Å²) in [5.41, 5.74) is 0. The molecule has 0 atom stereocenters. The Morgan fingerprint density at radius 3 is 1.19 bits per heavy atom. The molecule has 0 aromatic carbocycles. The van der Waals surface area contributed by atoms with Crippen LogP contribution in [-0.2, 0) is 47.7 Å². The number of rotatable bonds is 12. The zero-order valence-corrected chi connectivity index (χ0v) is 19.6. The van der Waals surface area contributed by atoms with Crippen LogP contribution >= 0.6 is 0 Å². The Morgan fingerprint density at radius 1 is 0.581 bits per heavy atom. The van der Waals surface area contributed by atoms with E-state index in [1.165, 1.54) is 20.8 Å². The van der Waals surface area contributed by atoms with Crippen LogP contribution < -0.4 is 0 Å². The van der Waals surface area contributed by atoms with E-state index in [-0.39, 0.29) is 37.4 Å². The van der Waals surface area contributed by atoms with Gasteiger partial charge in [-0.25, -0.2) is 0 Å². The average molecular weight is 449 g/mol. The molecule has 0 N–H and O–H groups in total. The van der Waals surface area contributed by atoms with E-state index in [1.54, 1.807) is 0 Å². The van der Waals surface area contributed by atoms with Gasteiger partial charge in [-0.15, -0.1) is 0 Å². The monoisotopic (exact) mass is 448 g/mol. The molecule has 10 nitrogen and oxygen atoms in total. The number of unbranched alkanes of at least 4 members (excludes halogenated alkanes) is 1. The first-order chi connectivity index (χ1) is 14.3. The third-order valence-electron chi connectivity index (χ3n) is 3.02. The molecule has 0 bridgehead atoms. The lowest BCUT2D eigenvalue weighted by Crippen LogP contribution is -2.29. The van der Waals surface area contributed by atoms with Crippen molar-refractivity contribution in [1.82, 2.24) is 0 Å². The van der Waals surface area contributed by atoms with E-state index < -0.39 is 24.0 Å². The van der Waals surface area contributed by atoms with E-state index in [0.717, 1.165) is 0 Å². The van der Waals surface area contributed by atoms with Gasteiger partial charge in [0.25, 0.3) is 0 Å². The number of hydrogen-bond donors (Lipinski definition) is 0. The molecule has 0 aliphatic heterocycles. The van der Waals surface area contributed by atoms with Gasteiger partial charge in [-0.1, -0.05) is 0 Å².